The number of amides is 2. The normalized spacial score (nSPS) is 11.7. The van der Waals surface area contributed by atoms with Crippen LogP contribution in [0, 0.1) is 29.1 Å². The van der Waals surface area contributed by atoms with E-state index in [0.29, 0.717) is 16.7 Å². The van der Waals surface area contributed by atoms with E-state index in [1.165, 1.54) is 48.5 Å². The van der Waals surface area contributed by atoms with E-state index < -0.39 is 50.6 Å². The molecule has 0 fully saturated rings. The summed E-state index contributed by atoms with van der Waals surface area (Å²) < 4.78 is 97.4. The molecule has 0 aliphatic heterocycles. The average Bonchev–Trinajstić information content (AvgIpc) is 3.06. The van der Waals surface area contributed by atoms with Crippen molar-refractivity contribution in [3.8, 4) is 0 Å². The Labute approximate surface area is 277 Å². The largest absolute Gasteiger partial charge is 0.321 e. The van der Waals surface area contributed by atoms with Crippen molar-refractivity contribution in [1.82, 2.24) is 5.43 Å². The van der Waals surface area contributed by atoms with Gasteiger partial charge in [0.1, 0.15) is 5.56 Å². The van der Waals surface area contributed by atoms with Crippen LogP contribution in [-0.2, 0) is 14.8 Å². The summed E-state index contributed by atoms with van der Waals surface area (Å²) in [5.74, 6) is -13.4. The molecule has 0 atom stereocenters. The second-order valence-corrected chi connectivity index (χ2v) is 13.2. The van der Waals surface area contributed by atoms with Crippen LogP contribution in [0.5, 0.6) is 0 Å². The lowest BCUT2D eigenvalue weighted by Gasteiger charge is -2.38. The van der Waals surface area contributed by atoms with Gasteiger partial charge in [-0.2, -0.15) is 0 Å². The van der Waals surface area contributed by atoms with E-state index in [1.807, 2.05) is 5.43 Å². The van der Waals surface area contributed by atoms with Gasteiger partial charge in [0.05, 0.1) is 35.9 Å². The highest BCUT2D eigenvalue weighted by atomic mass is 32.2. The number of hydrazine groups is 1. The molecule has 3 rings (SSSR count). The van der Waals surface area contributed by atoms with Crippen LogP contribution in [0.2, 0.25) is 0 Å². The predicted molar refractivity (Wildman–Crippen MR) is 174 cm³/mol. The minimum absolute atomic E-state index is 0.0109. The van der Waals surface area contributed by atoms with Gasteiger partial charge in [-0.15, -0.1) is 0 Å². The lowest BCUT2D eigenvalue weighted by Crippen LogP contribution is -2.54. The quantitative estimate of drug-likeness (QED) is 0.0372. The van der Waals surface area contributed by atoms with Crippen molar-refractivity contribution in [2.24, 2.45) is 0 Å². The van der Waals surface area contributed by atoms with Gasteiger partial charge in [0.15, 0.2) is 29.8 Å². The number of carbonyl (C=O) groups excluding carboxylic acids is 2. The molecule has 0 spiro atoms. The van der Waals surface area contributed by atoms with Gasteiger partial charge in [0, 0.05) is 5.69 Å². The van der Waals surface area contributed by atoms with E-state index in [2.05, 4.69) is 36.2 Å². The van der Waals surface area contributed by atoms with Crippen LogP contribution in [0.25, 0.3) is 0 Å². The Kier molecular flexibility index (Phi) is 13.7. The maximum absolute atomic E-state index is 14.0. The van der Waals surface area contributed by atoms with Gasteiger partial charge in [-0.05, 0) is 61.7 Å². The molecule has 0 saturated heterocycles. The molecule has 15 heteroatoms. The van der Waals surface area contributed by atoms with Gasteiger partial charge in [-0.1, -0.05) is 46.1 Å². The smallest absolute Gasteiger partial charge is 0.279 e. The highest BCUT2D eigenvalue weighted by molar-refractivity contribution is 7.92. The Morgan fingerprint density at radius 1 is 0.688 bits per heavy atom. The number of halogens is 5. The Bertz CT molecular complexity index is 1640. The van der Waals surface area contributed by atoms with Crippen LogP contribution in [0.3, 0.4) is 0 Å². The number of quaternary nitrogens is 1. The van der Waals surface area contributed by atoms with Gasteiger partial charge in [0.2, 0.25) is 5.82 Å². The summed E-state index contributed by atoms with van der Waals surface area (Å²) in [6.07, 6.45) is 6.16. The molecule has 3 aromatic carbocycles. The van der Waals surface area contributed by atoms with E-state index in [0.717, 1.165) is 58.2 Å². The fourth-order valence-electron chi connectivity index (χ4n) is 5.15. The second-order valence-electron chi connectivity index (χ2n) is 11.5. The molecule has 0 heterocycles. The number of anilines is 3. The van der Waals surface area contributed by atoms with Crippen molar-refractivity contribution in [2.75, 3.05) is 41.6 Å². The third-order valence-corrected chi connectivity index (χ3v) is 9.15. The molecule has 0 radical (unpaired) electrons. The summed E-state index contributed by atoms with van der Waals surface area (Å²) >= 11 is 0. The predicted octanol–water partition coefficient (Wildman–Crippen LogP) is 7.10. The first kappa shape index (κ1) is 38.2. The molecule has 3 aromatic rings. The lowest BCUT2D eigenvalue weighted by molar-refractivity contribution is -0.921. The third kappa shape index (κ3) is 9.89. The van der Waals surface area contributed by atoms with Crippen LogP contribution >= 0.6 is 0 Å². The molecule has 0 aromatic heterocycles. The number of benzene rings is 3. The van der Waals surface area contributed by atoms with E-state index in [9.17, 15) is 40.0 Å². The zero-order valence-electron chi connectivity index (χ0n) is 27.1. The summed E-state index contributed by atoms with van der Waals surface area (Å²) in [5.41, 5.74) is 2.84. The van der Waals surface area contributed by atoms with Gasteiger partial charge in [-0.3, -0.25) is 25.2 Å². The van der Waals surface area contributed by atoms with Crippen LogP contribution in [-0.4, -0.2) is 50.9 Å². The van der Waals surface area contributed by atoms with E-state index in [4.69, 9.17) is 0 Å². The Balaban J connectivity index is 1.67. The monoisotopic (exact) mass is 698 g/mol. The highest BCUT2D eigenvalue weighted by Gasteiger charge is 2.31. The van der Waals surface area contributed by atoms with Gasteiger partial charge >= 0.3 is 0 Å². The zero-order chi connectivity index (χ0) is 35.5. The number of nitrogens with zero attached hydrogens (tertiary/aromatic N) is 1. The molecule has 262 valence electrons. The number of hydrogen-bond donors (Lipinski definition) is 4. The summed E-state index contributed by atoms with van der Waals surface area (Å²) in [6, 6.07) is 10.9. The number of carbonyl (C=O) groups is 2. The fourth-order valence-corrected chi connectivity index (χ4v) is 6.20. The summed E-state index contributed by atoms with van der Waals surface area (Å²) in [4.78, 5) is 25.3. The molecule has 0 unspecified atom stereocenters. The second kappa shape index (κ2) is 17.2. The van der Waals surface area contributed by atoms with Gasteiger partial charge in [0.25, 0.3) is 21.8 Å². The minimum atomic E-state index is -4.13. The molecule has 48 heavy (non-hydrogen) atoms. The van der Waals surface area contributed by atoms with Crippen molar-refractivity contribution in [1.29, 1.82) is 0 Å². The summed E-state index contributed by atoms with van der Waals surface area (Å²) in [7, 11) is -4.13. The first-order chi connectivity index (χ1) is 22.8. The molecule has 0 aliphatic rings. The topological polar surface area (TPSA) is 116 Å². The number of nitrogens with one attached hydrogen (secondary N) is 4. The maximum Gasteiger partial charge on any atom is 0.279 e. The molecule has 0 aliphatic carbocycles. The fraction of sp³-hybridized carbons (Fsp3) is 0.394. The molecule has 0 bridgehead atoms. The van der Waals surface area contributed by atoms with Crippen molar-refractivity contribution in [2.45, 2.75) is 64.2 Å². The zero-order valence-corrected chi connectivity index (χ0v) is 27.9. The molecular formula is C33H41F5N5O4S+. The van der Waals surface area contributed by atoms with E-state index in [-0.39, 0.29) is 22.2 Å². The van der Waals surface area contributed by atoms with Crippen molar-refractivity contribution in [3.05, 3.63) is 83.2 Å². The van der Waals surface area contributed by atoms with Crippen molar-refractivity contribution >= 4 is 38.9 Å². The maximum atomic E-state index is 14.0. The third-order valence-electron chi connectivity index (χ3n) is 7.76. The summed E-state index contributed by atoms with van der Waals surface area (Å²) in [5, 5.41) is 2.89. The highest BCUT2D eigenvalue weighted by Crippen LogP contribution is 2.24. The van der Waals surface area contributed by atoms with Crippen LogP contribution < -0.4 is 20.9 Å². The number of rotatable bonds is 18. The number of unbranched alkanes of at least 4 members (excludes halogenated alkanes) is 3. The summed E-state index contributed by atoms with van der Waals surface area (Å²) in [6.45, 7) is 9.47. The first-order valence-electron chi connectivity index (χ1n) is 15.7. The van der Waals surface area contributed by atoms with E-state index in [1.54, 1.807) is 0 Å². The van der Waals surface area contributed by atoms with Gasteiger partial charge in [-0.25, -0.2) is 30.4 Å². The molecule has 0 saturated carbocycles. The molecule has 2 amide bonds. The lowest BCUT2D eigenvalue weighted by atomic mass is 10.1. The molecule has 9 nitrogen and oxygen atoms in total. The Hall–Kier alpha value is -4.24. The van der Waals surface area contributed by atoms with Crippen LogP contribution in [0.1, 0.15) is 69.7 Å². The minimum Gasteiger partial charge on any atom is -0.321 e. The number of sulfonamides is 1. The molecular weight excluding hydrogens is 657 g/mol. The first-order valence-corrected chi connectivity index (χ1v) is 17.2. The standard InChI is InChI=1S/C33H40F5N5O4S/c1-4-7-17-43(18-8-5-2,19-9-6-3)21-26(44)39-22-13-15-25(16-14-22)48(46,47)42-24-12-10-11-23(20-24)40-41-33(45)27-28(34)30(36)32(38)31(37)29(27)35/h10-16,20,40,42H,4-9,17-19,21H2,1-3H3,(H-,39,41,44,45)/p+1. The molecule has 4 N–H and O–H groups in total. The van der Waals surface area contributed by atoms with Crippen molar-refractivity contribution in [3.63, 3.8) is 0 Å². The van der Waals surface area contributed by atoms with Crippen LogP contribution in [0.15, 0.2) is 53.4 Å². The average molecular weight is 699 g/mol. The number of hydrogen-bond acceptors (Lipinski definition) is 5. The Morgan fingerprint density at radius 2 is 1.19 bits per heavy atom. The van der Waals surface area contributed by atoms with E-state index >= 15 is 0 Å². The Morgan fingerprint density at radius 3 is 1.71 bits per heavy atom. The van der Waals surface area contributed by atoms with Crippen molar-refractivity contribution < 1.29 is 44.4 Å². The van der Waals surface area contributed by atoms with Crippen LogP contribution in [0.4, 0.5) is 39.0 Å². The SMILES string of the molecule is CCCC[N+](CCCC)(CCCC)CC(=O)Nc1ccc(S(=O)(=O)Nc2cccc(NNC(=O)c3c(F)c(F)c(F)c(F)c3F)c2)cc1. The van der Waals surface area contributed by atoms with Gasteiger partial charge < -0.3 is 9.80 Å².